The number of nitrogens with one attached hydrogen (secondary N) is 2. The van der Waals surface area contributed by atoms with Crippen molar-refractivity contribution in [1.29, 1.82) is 0 Å². The number of aromatic amines is 1. The zero-order valence-electron chi connectivity index (χ0n) is 13.3. The molecule has 0 bridgehead atoms. The average Bonchev–Trinajstić information content (AvgIpc) is 3.16. The van der Waals surface area contributed by atoms with Gasteiger partial charge in [0.2, 0.25) is 0 Å². The standard InChI is InChI=1S/C18H15ClFN3O2/c1-25-17-7-11(2-4-15(17)13-9-22-23-10-13)18(24)21-8-12-6-14(20)3-5-16(12)19/h2-7,9-10H,8H2,1H3,(H,21,24)(H,22,23). The monoisotopic (exact) mass is 359 g/mol. The van der Waals surface area contributed by atoms with Gasteiger partial charge in [0.25, 0.3) is 5.91 Å². The summed E-state index contributed by atoms with van der Waals surface area (Å²) in [6, 6.07) is 9.14. The molecule has 0 atom stereocenters. The van der Waals surface area contributed by atoms with Gasteiger partial charge < -0.3 is 10.1 Å². The van der Waals surface area contributed by atoms with Crippen LogP contribution in [0.1, 0.15) is 15.9 Å². The zero-order chi connectivity index (χ0) is 17.8. The summed E-state index contributed by atoms with van der Waals surface area (Å²) < 4.78 is 18.6. The molecule has 0 aliphatic carbocycles. The van der Waals surface area contributed by atoms with Crippen LogP contribution in [0.25, 0.3) is 11.1 Å². The minimum absolute atomic E-state index is 0.126. The second-order valence-electron chi connectivity index (χ2n) is 5.32. The van der Waals surface area contributed by atoms with Gasteiger partial charge in [-0.1, -0.05) is 11.6 Å². The molecule has 0 fully saturated rings. The first-order chi connectivity index (χ1) is 12.1. The molecule has 25 heavy (non-hydrogen) atoms. The Hall–Kier alpha value is -2.86. The van der Waals surface area contributed by atoms with Crippen LogP contribution < -0.4 is 10.1 Å². The molecule has 3 aromatic rings. The minimum Gasteiger partial charge on any atom is -0.496 e. The van der Waals surface area contributed by atoms with Crippen molar-refractivity contribution in [2.45, 2.75) is 6.54 Å². The second kappa shape index (κ2) is 7.36. The van der Waals surface area contributed by atoms with Gasteiger partial charge in [0.15, 0.2) is 0 Å². The van der Waals surface area contributed by atoms with Gasteiger partial charge in [-0.3, -0.25) is 9.89 Å². The van der Waals surface area contributed by atoms with Gasteiger partial charge in [-0.25, -0.2) is 4.39 Å². The van der Waals surface area contributed by atoms with Crippen molar-refractivity contribution in [2.75, 3.05) is 7.11 Å². The van der Waals surface area contributed by atoms with Crippen molar-refractivity contribution in [3.8, 4) is 16.9 Å². The van der Waals surface area contributed by atoms with Crippen molar-refractivity contribution in [1.82, 2.24) is 15.5 Å². The number of hydrogen-bond donors (Lipinski definition) is 2. The maximum Gasteiger partial charge on any atom is 0.251 e. The summed E-state index contributed by atoms with van der Waals surface area (Å²) in [6.45, 7) is 0.126. The molecule has 0 spiro atoms. The van der Waals surface area contributed by atoms with Gasteiger partial charge in [-0.05, 0) is 42.0 Å². The Kier molecular flexibility index (Phi) is 5.00. The number of carbonyl (C=O) groups is 1. The van der Waals surface area contributed by atoms with Gasteiger partial charge in [0.05, 0.1) is 13.3 Å². The number of amides is 1. The lowest BCUT2D eigenvalue weighted by Crippen LogP contribution is -2.23. The normalized spacial score (nSPS) is 10.5. The first-order valence-corrected chi connectivity index (χ1v) is 7.85. The quantitative estimate of drug-likeness (QED) is 0.728. The summed E-state index contributed by atoms with van der Waals surface area (Å²) in [7, 11) is 1.53. The van der Waals surface area contributed by atoms with Gasteiger partial charge >= 0.3 is 0 Å². The second-order valence-corrected chi connectivity index (χ2v) is 5.73. The minimum atomic E-state index is -0.403. The largest absolute Gasteiger partial charge is 0.496 e. The van der Waals surface area contributed by atoms with E-state index in [-0.39, 0.29) is 12.5 Å². The van der Waals surface area contributed by atoms with E-state index in [4.69, 9.17) is 16.3 Å². The third kappa shape index (κ3) is 3.80. The molecule has 1 amide bonds. The van der Waals surface area contributed by atoms with E-state index in [0.717, 1.165) is 11.1 Å². The van der Waals surface area contributed by atoms with E-state index in [0.29, 0.717) is 21.9 Å². The van der Waals surface area contributed by atoms with E-state index in [9.17, 15) is 9.18 Å². The van der Waals surface area contributed by atoms with E-state index < -0.39 is 5.82 Å². The van der Waals surface area contributed by atoms with Crippen LogP contribution in [0.5, 0.6) is 5.75 Å². The molecular formula is C18H15ClFN3O2. The van der Waals surface area contributed by atoms with Gasteiger partial charge in [-0.15, -0.1) is 0 Å². The van der Waals surface area contributed by atoms with Crippen molar-refractivity contribution in [3.05, 3.63) is 70.8 Å². The molecule has 7 heteroatoms. The van der Waals surface area contributed by atoms with Crippen molar-refractivity contribution >= 4 is 17.5 Å². The van der Waals surface area contributed by atoms with E-state index in [1.807, 2.05) is 0 Å². The highest BCUT2D eigenvalue weighted by Gasteiger charge is 2.13. The van der Waals surface area contributed by atoms with Crippen LogP contribution in [-0.4, -0.2) is 23.2 Å². The maximum atomic E-state index is 13.3. The number of nitrogens with zero attached hydrogens (tertiary/aromatic N) is 1. The van der Waals surface area contributed by atoms with E-state index in [1.54, 1.807) is 30.6 Å². The van der Waals surface area contributed by atoms with E-state index in [1.165, 1.54) is 25.3 Å². The smallest absolute Gasteiger partial charge is 0.251 e. The van der Waals surface area contributed by atoms with Crippen LogP contribution in [0.2, 0.25) is 5.02 Å². The molecule has 0 aliphatic rings. The fourth-order valence-corrected chi connectivity index (χ4v) is 2.61. The molecule has 0 saturated heterocycles. The summed E-state index contributed by atoms with van der Waals surface area (Å²) in [5.41, 5.74) is 2.62. The Bertz CT molecular complexity index is 897. The van der Waals surface area contributed by atoms with Crippen LogP contribution in [-0.2, 0) is 6.54 Å². The number of H-pyrrole nitrogens is 1. The highest BCUT2D eigenvalue weighted by atomic mass is 35.5. The number of benzene rings is 2. The molecule has 0 aliphatic heterocycles. The molecule has 3 rings (SSSR count). The highest BCUT2D eigenvalue weighted by Crippen LogP contribution is 2.30. The summed E-state index contributed by atoms with van der Waals surface area (Å²) in [5.74, 6) is -0.157. The third-order valence-corrected chi connectivity index (χ3v) is 4.09. The molecule has 2 aromatic carbocycles. The Balaban J connectivity index is 1.77. The van der Waals surface area contributed by atoms with Crippen LogP contribution in [0, 0.1) is 5.82 Å². The van der Waals surface area contributed by atoms with E-state index >= 15 is 0 Å². The first kappa shape index (κ1) is 17.0. The van der Waals surface area contributed by atoms with Gasteiger partial charge in [0.1, 0.15) is 11.6 Å². The molecule has 1 heterocycles. The lowest BCUT2D eigenvalue weighted by atomic mass is 10.1. The number of aromatic nitrogens is 2. The van der Waals surface area contributed by atoms with Crippen molar-refractivity contribution in [3.63, 3.8) is 0 Å². The van der Waals surface area contributed by atoms with Crippen LogP contribution >= 0.6 is 11.6 Å². The Labute approximate surface area is 148 Å². The van der Waals surface area contributed by atoms with Crippen molar-refractivity contribution in [2.24, 2.45) is 0 Å². The van der Waals surface area contributed by atoms with Crippen LogP contribution in [0.15, 0.2) is 48.8 Å². The summed E-state index contributed by atoms with van der Waals surface area (Å²) >= 11 is 6.00. The fraction of sp³-hybridized carbons (Fsp3) is 0.111. The molecular weight excluding hydrogens is 345 g/mol. The maximum absolute atomic E-state index is 13.3. The molecule has 128 valence electrons. The first-order valence-electron chi connectivity index (χ1n) is 7.48. The summed E-state index contributed by atoms with van der Waals surface area (Å²) in [4.78, 5) is 12.4. The van der Waals surface area contributed by atoms with E-state index in [2.05, 4.69) is 15.5 Å². The Morgan fingerprint density at radius 2 is 2.16 bits per heavy atom. The lowest BCUT2D eigenvalue weighted by Gasteiger charge is -2.11. The van der Waals surface area contributed by atoms with Gasteiger partial charge in [0, 0.05) is 34.5 Å². The van der Waals surface area contributed by atoms with Crippen LogP contribution in [0.4, 0.5) is 4.39 Å². The third-order valence-electron chi connectivity index (χ3n) is 3.72. The number of hydrogen-bond acceptors (Lipinski definition) is 3. The predicted molar refractivity (Wildman–Crippen MR) is 93.2 cm³/mol. The Morgan fingerprint density at radius 1 is 1.32 bits per heavy atom. The topological polar surface area (TPSA) is 67.0 Å². The number of methoxy groups -OCH3 is 1. The SMILES string of the molecule is COc1cc(C(=O)NCc2cc(F)ccc2Cl)ccc1-c1cn[nH]c1. The fourth-order valence-electron chi connectivity index (χ4n) is 2.43. The molecule has 1 aromatic heterocycles. The number of carbonyl (C=O) groups excluding carboxylic acids is 1. The number of rotatable bonds is 5. The summed E-state index contributed by atoms with van der Waals surface area (Å²) in [6.07, 6.45) is 3.41. The molecule has 0 unspecified atom stereocenters. The Morgan fingerprint density at radius 3 is 2.88 bits per heavy atom. The average molecular weight is 360 g/mol. The number of ether oxygens (including phenoxy) is 1. The summed E-state index contributed by atoms with van der Waals surface area (Å²) in [5, 5.41) is 9.77. The van der Waals surface area contributed by atoms with Gasteiger partial charge in [-0.2, -0.15) is 5.10 Å². The van der Waals surface area contributed by atoms with Crippen LogP contribution in [0.3, 0.4) is 0 Å². The lowest BCUT2D eigenvalue weighted by molar-refractivity contribution is 0.0950. The molecule has 0 saturated carbocycles. The molecule has 2 N–H and O–H groups in total. The molecule has 5 nitrogen and oxygen atoms in total. The molecule has 0 radical (unpaired) electrons. The zero-order valence-corrected chi connectivity index (χ0v) is 14.1. The van der Waals surface area contributed by atoms with Crippen molar-refractivity contribution < 1.29 is 13.9 Å². The predicted octanol–water partition coefficient (Wildman–Crippen LogP) is 3.81. The highest BCUT2D eigenvalue weighted by molar-refractivity contribution is 6.31. The number of halogens is 2.